The molecule has 0 saturated carbocycles. The van der Waals surface area contributed by atoms with Crippen LogP contribution in [0.4, 0.5) is 11.6 Å². The largest absolute Gasteiger partial charge is 0.462 e. The highest BCUT2D eigenvalue weighted by Crippen LogP contribution is 2.20. The number of rotatable bonds is 8. The molecule has 3 aromatic rings. The summed E-state index contributed by atoms with van der Waals surface area (Å²) >= 11 is 0. The van der Waals surface area contributed by atoms with Gasteiger partial charge in [0.1, 0.15) is 5.65 Å². The van der Waals surface area contributed by atoms with E-state index in [4.69, 9.17) is 4.74 Å². The molecular weight excluding hydrogens is 340 g/mol. The zero-order valence-electron chi connectivity index (χ0n) is 16.1. The quantitative estimate of drug-likeness (QED) is 0.581. The van der Waals surface area contributed by atoms with E-state index in [9.17, 15) is 4.79 Å². The zero-order chi connectivity index (χ0) is 19.2. The molecule has 1 N–H and O–H groups in total. The van der Waals surface area contributed by atoms with E-state index in [0.717, 1.165) is 36.1 Å². The van der Waals surface area contributed by atoms with Crippen molar-refractivity contribution in [2.75, 3.05) is 11.9 Å². The number of nitrogens with one attached hydrogen (secondary N) is 1. The number of esters is 1. The number of aromatic nitrogens is 3. The van der Waals surface area contributed by atoms with E-state index >= 15 is 0 Å². The molecule has 0 bridgehead atoms. The number of carbonyl (C=O) groups is 1. The Kier molecular flexibility index (Phi) is 6.06. The van der Waals surface area contributed by atoms with Gasteiger partial charge in [-0.25, -0.2) is 9.78 Å². The topological polar surface area (TPSA) is 69.0 Å². The molecule has 6 heteroatoms. The van der Waals surface area contributed by atoms with Crippen LogP contribution in [0.15, 0.2) is 42.7 Å². The molecule has 0 atom stereocenters. The van der Waals surface area contributed by atoms with Gasteiger partial charge in [-0.1, -0.05) is 26.7 Å². The van der Waals surface area contributed by atoms with E-state index in [1.165, 1.54) is 0 Å². The van der Waals surface area contributed by atoms with Gasteiger partial charge in [-0.05, 0) is 43.2 Å². The minimum absolute atomic E-state index is 0.319. The molecule has 2 heterocycles. The minimum atomic E-state index is -0.319. The molecule has 142 valence electrons. The molecule has 0 saturated heterocycles. The predicted octanol–water partition coefficient (Wildman–Crippen LogP) is 4.79. The number of nitrogens with zero attached hydrogens (tertiary/aromatic N) is 3. The van der Waals surface area contributed by atoms with Crippen LogP contribution >= 0.6 is 0 Å². The summed E-state index contributed by atoms with van der Waals surface area (Å²) in [6, 6.07) is 9.16. The van der Waals surface area contributed by atoms with Crippen LogP contribution in [0.25, 0.3) is 11.0 Å². The fraction of sp³-hybridized carbons (Fsp3) is 0.381. The van der Waals surface area contributed by atoms with Gasteiger partial charge < -0.3 is 14.6 Å². The molecule has 0 amide bonds. The number of anilines is 2. The van der Waals surface area contributed by atoms with E-state index in [2.05, 4.69) is 46.0 Å². The maximum Gasteiger partial charge on any atom is 0.338 e. The van der Waals surface area contributed by atoms with Crippen molar-refractivity contribution in [1.82, 2.24) is 14.5 Å². The van der Waals surface area contributed by atoms with Crippen molar-refractivity contribution < 1.29 is 9.53 Å². The molecule has 0 fully saturated rings. The third-order valence-corrected chi connectivity index (χ3v) is 4.76. The lowest BCUT2D eigenvalue weighted by Gasteiger charge is -2.14. The second-order valence-electron chi connectivity index (χ2n) is 6.55. The monoisotopic (exact) mass is 366 g/mol. The summed E-state index contributed by atoms with van der Waals surface area (Å²) in [5.74, 6) is 0.860. The fourth-order valence-corrected chi connectivity index (χ4v) is 3.04. The van der Waals surface area contributed by atoms with Crippen molar-refractivity contribution in [3.05, 3.63) is 48.3 Å². The molecule has 0 unspecified atom stereocenters. The average Bonchev–Trinajstić information content (AvgIpc) is 3.09. The summed E-state index contributed by atoms with van der Waals surface area (Å²) in [4.78, 5) is 20.8. The lowest BCUT2D eigenvalue weighted by molar-refractivity contribution is 0.0526. The summed E-state index contributed by atoms with van der Waals surface area (Å²) in [5, 5.41) is 4.24. The molecule has 6 nitrogen and oxygen atoms in total. The maximum atomic E-state index is 11.7. The van der Waals surface area contributed by atoms with Crippen LogP contribution in [-0.4, -0.2) is 27.1 Å². The first-order valence-corrected chi connectivity index (χ1v) is 9.50. The maximum absolute atomic E-state index is 11.7. The Balaban J connectivity index is 1.78. The van der Waals surface area contributed by atoms with Crippen molar-refractivity contribution in [2.45, 2.75) is 40.2 Å². The Hall–Kier alpha value is -2.89. The van der Waals surface area contributed by atoms with Crippen molar-refractivity contribution in [2.24, 2.45) is 5.92 Å². The van der Waals surface area contributed by atoms with Crippen LogP contribution in [0.1, 0.15) is 44.0 Å². The lowest BCUT2D eigenvalue weighted by atomic mass is 10.0. The van der Waals surface area contributed by atoms with Gasteiger partial charge in [0.25, 0.3) is 0 Å². The first-order valence-electron chi connectivity index (χ1n) is 9.50. The van der Waals surface area contributed by atoms with Gasteiger partial charge in [-0.3, -0.25) is 0 Å². The van der Waals surface area contributed by atoms with E-state index in [-0.39, 0.29) is 5.97 Å². The van der Waals surface area contributed by atoms with Gasteiger partial charge in [0.05, 0.1) is 12.2 Å². The molecule has 1 aromatic carbocycles. The molecule has 0 radical (unpaired) electrons. The van der Waals surface area contributed by atoms with E-state index in [1.54, 1.807) is 19.1 Å². The standard InChI is InChI=1S/C21H26N4O2/c1-4-15(5-2)14-25-12-11-17-13-22-21(24-19(17)25)23-18-9-7-16(8-10-18)20(26)27-6-3/h7-13,15H,4-6,14H2,1-3H3,(H,22,23,24). The molecule has 0 aliphatic rings. The molecule has 0 spiro atoms. The van der Waals surface area contributed by atoms with Crippen LogP contribution in [-0.2, 0) is 11.3 Å². The summed E-state index contributed by atoms with van der Waals surface area (Å²) in [6.07, 6.45) is 6.22. The highest BCUT2D eigenvalue weighted by Gasteiger charge is 2.10. The van der Waals surface area contributed by atoms with Gasteiger partial charge in [0.15, 0.2) is 0 Å². The van der Waals surface area contributed by atoms with Gasteiger partial charge in [0, 0.05) is 30.0 Å². The van der Waals surface area contributed by atoms with Crippen LogP contribution in [0.2, 0.25) is 0 Å². The third kappa shape index (κ3) is 4.45. The van der Waals surface area contributed by atoms with E-state index in [0.29, 0.717) is 24.0 Å². The number of ether oxygens (including phenoxy) is 1. The molecular formula is C21H26N4O2. The van der Waals surface area contributed by atoms with Gasteiger partial charge in [-0.15, -0.1) is 0 Å². The van der Waals surface area contributed by atoms with Gasteiger partial charge in [-0.2, -0.15) is 4.98 Å². The lowest BCUT2D eigenvalue weighted by Crippen LogP contribution is -2.09. The normalized spacial score (nSPS) is 11.1. The van der Waals surface area contributed by atoms with Gasteiger partial charge in [0.2, 0.25) is 5.95 Å². The van der Waals surface area contributed by atoms with Crippen LogP contribution < -0.4 is 5.32 Å². The second-order valence-corrected chi connectivity index (χ2v) is 6.55. The highest BCUT2D eigenvalue weighted by molar-refractivity contribution is 5.89. The number of carbonyl (C=O) groups excluding carboxylic acids is 1. The third-order valence-electron chi connectivity index (χ3n) is 4.76. The van der Waals surface area contributed by atoms with Crippen molar-refractivity contribution >= 4 is 28.6 Å². The zero-order valence-corrected chi connectivity index (χ0v) is 16.1. The average molecular weight is 366 g/mol. The van der Waals surface area contributed by atoms with Crippen molar-refractivity contribution in [1.29, 1.82) is 0 Å². The summed E-state index contributed by atoms with van der Waals surface area (Å²) in [5.41, 5.74) is 2.28. The Labute approximate surface area is 159 Å². The Morgan fingerprint density at radius 1 is 1.15 bits per heavy atom. The van der Waals surface area contributed by atoms with Gasteiger partial charge >= 0.3 is 5.97 Å². The smallest absolute Gasteiger partial charge is 0.338 e. The fourth-order valence-electron chi connectivity index (χ4n) is 3.04. The number of fused-ring (bicyclic) bond motifs is 1. The number of hydrogen-bond donors (Lipinski definition) is 1. The SMILES string of the molecule is CCOC(=O)c1ccc(Nc2ncc3ccn(CC(CC)CC)c3n2)cc1. The Bertz CT molecular complexity index is 898. The van der Waals surface area contributed by atoms with Crippen molar-refractivity contribution in [3.63, 3.8) is 0 Å². The first kappa shape index (κ1) is 18.9. The Morgan fingerprint density at radius 2 is 1.89 bits per heavy atom. The summed E-state index contributed by atoms with van der Waals surface area (Å²) < 4.78 is 7.20. The molecule has 0 aliphatic carbocycles. The van der Waals surface area contributed by atoms with Crippen LogP contribution in [0, 0.1) is 5.92 Å². The molecule has 3 rings (SSSR count). The van der Waals surface area contributed by atoms with Crippen LogP contribution in [0.3, 0.4) is 0 Å². The van der Waals surface area contributed by atoms with Crippen molar-refractivity contribution in [3.8, 4) is 0 Å². The highest BCUT2D eigenvalue weighted by atomic mass is 16.5. The molecule has 27 heavy (non-hydrogen) atoms. The Morgan fingerprint density at radius 3 is 2.56 bits per heavy atom. The molecule has 2 aromatic heterocycles. The second kappa shape index (κ2) is 8.66. The number of hydrogen-bond acceptors (Lipinski definition) is 5. The van der Waals surface area contributed by atoms with Crippen LogP contribution in [0.5, 0.6) is 0 Å². The van der Waals surface area contributed by atoms with E-state index in [1.807, 2.05) is 18.3 Å². The summed E-state index contributed by atoms with van der Waals surface area (Å²) in [7, 11) is 0. The van der Waals surface area contributed by atoms with E-state index < -0.39 is 0 Å². The summed E-state index contributed by atoms with van der Waals surface area (Å²) in [6.45, 7) is 7.56. The first-order chi connectivity index (χ1) is 13.1. The number of benzene rings is 1. The molecule has 0 aliphatic heterocycles. The minimum Gasteiger partial charge on any atom is -0.462 e. The predicted molar refractivity (Wildman–Crippen MR) is 107 cm³/mol.